The van der Waals surface area contributed by atoms with Crippen molar-refractivity contribution >= 4 is 39.1 Å². The van der Waals surface area contributed by atoms with Crippen molar-refractivity contribution in [2.45, 2.75) is 50.7 Å². The molecule has 0 saturated heterocycles. The average Bonchev–Trinajstić information content (AvgIpc) is 2.90. The first-order valence-corrected chi connectivity index (χ1v) is 14.2. The van der Waals surface area contributed by atoms with E-state index in [0.717, 1.165) is 9.87 Å². The van der Waals surface area contributed by atoms with Gasteiger partial charge in [0.2, 0.25) is 11.8 Å². The summed E-state index contributed by atoms with van der Waals surface area (Å²) < 4.78 is 33.8. The number of ether oxygens (including phenoxy) is 1. The Labute approximate surface area is 235 Å². The van der Waals surface area contributed by atoms with Crippen LogP contribution < -0.4 is 14.4 Å². The zero-order valence-corrected chi connectivity index (χ0v) is 24.3. The summed E-state index contributed by atoms with van der Waals surface area (Å²) in [6.45, 7) is 6.70. The van der Waals surface area contributed by atoms with Gasteiger partial charge in [-0.3, -0.25) is 13.9 Å². The fraction of sp³-hybridized carbons (Fsp3) is 0.310. The van der Waals surface area contributed by atoms with E-state index in [1.807, 2.05) is 26.8 Å². The molecule has 0 aliphatic heterocycles. The Morgan fingerprint density at radius 1 is 0.974 bits per heavy atom. The summed E-state index contributed by atoms with van der Waals surface area (Å²) in [6, 6.07) is 20.3. The van der Waals surface area contributed by atoms with E-state index < -0.39 is 34.1 Å². The van der Waals surface area contributed by atoms with Crippen molar-refractivity contribution in [1.82, 2.24) is 10.2 Å². The molecule has 0 spiro atoms. The van der Waals surface area contributed by atoms with Crippen molar-refractivity contribution < 1.29 is 22.7 Å². The fourth-order valence-corrected chi connectivity index (χ4v) is 5.44. The van der Waals surface area contributed by atoms with Gasteiger partial charge >= 0.3 is 0 Å². The first-order valence-electron chi connectivity index (χ1n) is 12.4. The van der Waals surface area contributed by atoms with Crippen molar-refractivity contribution in [3.8, 4) is 5.75 Å². The summed E-state index contributed by atoms with van der Waals surface area (Å²) >= 11 is 6.05. The van der Waals surface area contributed by atoms with Gasteiger partial charge in [0, 0.05) is 17.1 Å². The summed E-state index contributed by atoms with van der Waals surface area (Å²) in [5.74, 6) is -0.312. The van der Waals surface area contributed by atoms with Gasteiger partial charge in [-0.05, 0) is 81.8 Å². The van der Waals surface area contributed by atoms with Crippen LogP contribution in [-0.2, 0) is 26.2 Å². The number of hydrogen-bond donors (Lipinski definition) is 1. The minimum absolute atomic E-state index is 0.0330. The van der Waals surface area contributed by atoms with Gasteiger partial charge in [0.25, 0.3) is 10.0 Å². The van der Waals surface area contributed by atoms with Crippen LogP contribution in [0.3, 0.4) is 0 Å². The number of hydrogen-bond acceptors (Lipinski definition) is 5. The van der Waals surface area contributed by atoms with Crippen molar-refractivity contribution in [2.24, 2.45) is 0 Å². The van der Waals surface area contributed by atoms with E-state index in [-0.39, 0.29) is 23.0 Å². The Hall–Kier alpha value is -3.56. The molecule has 3 aromatic rings. The molecule has 0 fully saturated rings. The zero-order valence-electron chi connectivity index (χ0n) is 22.7. The van der Waals surface area contributed by atoms with Crippen LogP contribution in [0.4, 0.5) is 5.69 Å². The second-order valence-electron chi connectivity index (χ2n) is 10.1. The SMILES string of the molecule is COc1cccc(CN(C(=O)CN(c2ccc(Cl)cc2)S(=O)(=O)c2ccccc2)C(C)C(=O)NC(C)(C)C)c1. The lowest BCUT2D eigenvalue weighted by atomic mass is 10.1. The van der Waals surface area contributed by atoms with Crippen LogP contribution in [0.5, 0.6) is 5.75 Å². The molecule has 2 amide bonds. The number of benzene rings is 3. The molecule has 0 radical (unpaired) electrons. The molecule has 0 heterocycles. The van der Waals surface area contributed by atoms with Crippen molar-refractivity contribution in [3.63, 3.8) is 0 Å². The lowest BCUT2D eigenvalue weighted by Gasteiger charge is -2.33. The number of sulfonamides is 1. The summed E-state index contributed by atoms with van der Waals surface area (Å²) in [5.41, 5.74) is 0.467. The predicted octanol–water partition coefficient (Wildman–Crippen LogP) is 4.88. The molecular weight excluding hydrogens is 538 g/mol. The van der Waals surface area contributed by atoms with Gasteiger partial charge in [-0.2, -0.15) is 0 Å². The molecule has 10 heteroatoms. The third kappa shape index (κ3) is 7.97. The number of carbonyl (C=O) groups is 2. The molecule has 8 nitrogen and oxygen atoms in total. The first-order chi connectivity index (χ1) is 18.3. The van der Waals surface area contributed by atoms with E-state index in [9.17, 15) is 18.0 Å². The first kappa shape index (κ1) is 30.0. The standard InChI is InChI=1S/C29H34ClN3O5S/c1-21(28(35)31-29(2,3)4)32(19-22-10-9-11-25(18-22)38-5)27(34)20-33(24-16-14-23(30)15-17-24)39(36,37)26-12-7-6-8-13-26/h6-18,21H,19-20H2,1-5H3,(H,31,35). The predicted molar refractivity (Wildman–Crippen MR) is 153 cm³/mol. The van der Waals surface area contributed by atoms with Gasteiger partial charge < -0.3 is 15.0 Å². The normalized spacial score (nSPS) is 12.4. The number of nitrogens with one attached hydrogen (secondary N) is 1. The van der Waals surface area contributed by atoms with E-state index in [0.29, 0.717) is 10.8 Å². The van der Waals surface area contributed by atoms with E-state index in [1.54, 1.807) is 62.6 Å². The molecule has 0 bridgehead atoms. The number of anilines is 1. The highest BCUT2D eigenvalue weighted by atomic mass is 35.5. The third-order valence-corrected chi connectivity index (χ3v) is 7.92. The Morgan fingerprint density at radius 2 is 1.62 bits per heavy atom. The van der Waals surface area contributed by atoms with Gasteiger partial charge in [0.05, 0.1) is 17.7 Å². The largest absolute Gasteiger partial charge is 0.497 e. The van der Waals surface area contributed by atoms with Gasteiger partial charge in [-0.1, -0.05) is 41.9 Å². The minimum atomic E-state index is -4.13. The maximum absolute atomic E-state index is 13.9. The van der Waals surface area contributed by atoms with Crippen LogP contribution in [0, 0.1) is 0 Å². The second-order valence-corrected chi connectivity index (χ2v) is 12.4. The topological polar surface area (TPSA) is 96.0 Å². The van der Waals surface area contributed by atoms with E-state index in [2.05, 4.69) is 5.32 Å². The lowest BCUT2D eigenvalue weighted by molar-refractivity contribution is -0.140. The molecule has 3 rings (SSSR count). The van der Waals surface area contributed by atoms with Gasteiger partial charge in [-0.15, -0.1) is 0 Å². The maximum Gasteiger partial charge on any atom is 0.264 e. The molecule has 0 saturated carbocycles. The number of nitrogens with zero attached hydrogens (tertiary/aromatic N) is 2. The van der Waals surface area contributed by atoms with Crippen molar-refractivity contribution in [1.29, 1.82) is 0 Å². The van der Waals surface area contributed by atoms with E-state index in [4.69, 9.17) is 16.3 Å². The monoisotopic (exact) mass is 571 g/mol. The molecular formula is C29H34ClN3O5S. The van der Waals surface area contributed by atoms with Gasteiger partial charge in [0.1, 0.15) is 18.3 Å². The Morgan fingerprint density at radius 3 is 2.21 bits per heavy atom. The van der Waals surface area contributed by atoms with Crippen LogP contribution >= 0.6 is 11.6 Å². The molecule has 1 unspecified atom stereocenters. The molecule has 208 valence electrons. The third-order valence-electron chi connectivity index (χ3n) is 5.88. The summed E-state index contributed by atoms with van der Waals surface area (Å²) in [6.07, 6.45) is 0. The number of rotatable bonds is 10. The van der Waals surface area contributed by atoms with Gasteiger partial charge in [0.15, 0.2) is 0 Å². The maximum atomic E-state index is 13.9. The highest BCUT2D eigenvalue weighted by Gasteiger charge is 2.33. The van der Waals surface area contributed by atoms with Crippen LogP contribution in [-0.4, -0.2) is 50.4 Å². The number of carbonyl (C=O) groups excluding carboxylic acids is 2. The Kier molecular flexibility index (Phi) is 9.63. The zero-order chi connectivity index (χ0) is 28.8. The number of amides is 2. The number of methoxy groups -OCH3 is 1. The van der Waals surface area contributed by atoms with Crippen LogP contribution in [0.15, 0.2) is 83.8 Å². The lowest BCUT2D eigenvalue weighted by Crippen LogP contribution is -2.54. The fourth-order valence-electron chi connectivity index (χ4n) is 3.88. The Bertz CT molecular complexity index is 1390. The highest BCUT2D eigenvalue weighted by Crippen LogP contribution is 2.26. The summed E-state index contributed by atoms with van der Waals surface area (Å²) in [4.78, 5) is 28.5. The highest BCUT2D eigenvalue weighted by molar-refractivity contribution is 7.92. The minimum Gasteiger partial charge on any atom is -0.497 e. The van der Waals surface area contributed by atoms with E-state index in [1.165, 1.54) is 29.2 Å². The second kappa shape index (κ2) is 12.5. The quantitative estimate of drug-likeness (QED) is 0.374. The number of halogens is 1. The van der Waals surface area contributed by atoms with Crippen LogP contribution in [0.1, 0.15) is 33.3 Å². The Balaban J connectivity index is 2.03. The summed E-state index contributed by atoms with van der Waals surface area (Å²) in [7, 11) is -2.59. The molecule has 3 aromatic carbocycles. The van der Waals surface area contributed by atoms with Gasteiger partial charge in [-0.25, -0.2) is 8.42 Å². The summed E-state index contributed by atoms with van der Waals surface area (Å²) in [5, 5.41) is 3.33. The molecule has 0 aliphatic rings. The van der Waals surface area contributed by atoms with Crippen LogP contribution in [0.25, 0.3) is 0 Å². The molecule has 0 aliphatic carbocycles. The molecule has 1 N–H and O–H groups in total. The van der Waals surface area contributed by atoms with Crippen molar-refractivity contribution in [3.05, 3.63) is 89.4 Å². The average molecular weight is 572 g/mol. The smallest absolute Gasteiger partial charge is 0.264 e. The molecule has 1 atom stereocenters. The van der Waals surface area contributed by atoms with Crippen molar-refractivity contribution in [2.75, 3.05) is 18.0 Å². The van der Waals surface area contributed by atoms with Crippen LogP contribution in [0.2, 0.25) is 5.02 Å². The molecule has 39 heavy (non-hydrogen) atoms. The molecule has 0 aromatic heterocycles. The van der Waals surface area contributed by atoms with E-state index >= 15 is 0 Å².